The van der Waals surface area contributed by atoms with Crippen molar-refractivity contribution in [1.82, 2.24) is 0 Å². The predicted octanol–water partition coefficient (Wildman–Crippen LogP) is 1.56. The molecule has 1 aromatic rings. The van der Waals surface area contributed by atoms with E-state index in [0.717, 1.165) is 5.56 Å². The number of benzene rings is 1. The van der Waals surface area contributed by atoms with Crippen molar-refractivity contribution >= 4 is 11.6 Å². The Morgan fingerprint density at radius 2 is 1.83 bits per heavy atom. The van der Waals surface area contributed by atoms with Gasteiger partial charge in [-0.25, -0.2) is 0 Å². The van der Waals surface area contributed by atoms with E-state index in [9.17, 15) is 9.59 Å². The van der Waals surface area contributed by atoms with Crippen LogP contribution in [0.15, 0.2) is 24.3 Å². The lowest BCUT2D eigenvalue weighted by Crippen LogP contribution is -2.09. The third kappa shape index (κ3) is 0.749. The first kappa shape index (κ1) is 7.22. The molecule has 0 saturated heterocycles. The van der Waals surface area contributed by atoms with Crippen LogP contribution in [-0.2, 0) is 4.79 Å². The molecule has 2 heteroatoms. The van der Waals surface area contributed by atoms with Crippen LogP contribution in [0.5, 0.6) is 0 Å². The number of carbonyl (C=O) groups is 2. The van der Waals surface area contributed by atoms with E-state index < -0.39 is 0 Å². The number of Topliss-reactive ketones (excluding diaryl/α,β-unsaturated/α-hetero) is 2. The van der Waals surface area contributed by atoms with Crippen molar-refractivity contribution in [3.8, 4) is 0 Å². The zero-order valence-corrected chi connectivity index (χ0v) is 6.70. The quantitative estimate of drug-likeness (QED) is 0.539. The molecule has 1 aromatic carbocycles. The first-order chi connectivity index (χ1) is 5.72. The molecule has 12 heavy (non-hydrogen) atoms. The van der Waals surface area contributed by atoms with E-state index in [1.54, 1.807) is 19.1 Å². The highest BCUT2D eigenvalue weighted by atomic mass is 16.2. The van der Waals surface area contributed by atoms with Crippen LogP contribution in [0.1, 0.15) is 28.8 Å². The topological polar surface area (TPSA) is 34.1 Å². The van der Waals surface area contributed by atoms with E-state index in [0.29, 0.717) is 5.56 Å². The number of carbonyl (C=O) groups excluding carboxylic acids is 2. The molecular formula is C10H8O2. The second-order valence-corrected chi connectivity index (χ2v) is 3.00. The molecule has 1 atom stereocenters. The molecule has 0 aromatic heterocycles. The Bertz CT molecular complexity index is 366. The van der Waals surface area contributed by atoms with Gasteiger partial charge in [-0.3, -0.25) is 9.59 Å². The van der Waals surface area contributed by atoms with E-state index in [2.05, 4.69) is 0 Å². The molecule has 1 aliphatic rings. The van der Waals surface area contributed by atoms with Crippen molar-refractivity contribution in [2.45, 2.75) is 12.8 Å². The average Bonchev–Trinajstić information content (AvgIpc) is 2.33. The van der Waals surface area contributed by atoms with Gasteiger partial charge in [0.2, 0.25) is 11.6 Å². The summed E-state index contributed by atoms with van der Waals surface area (Å²) in [5.41, 5.74) is 1.45. The maximum absolute atomic E-state index is 11.3. The minimum absolute atomic E-state index is 0.242. The van der Waals surface area contributed by atoms with Crippen molar-refractivity contribution in [2.24, 2.45) is 0 Å². The molecule has 0 spiro atoms. The van der Waals surface area contributed by atoms with Crippen LogP contribution in [0.4, 0.5) is 0 Å². The molecule has 0 amide bonds. The second kappa shape index (κ2) is 2.27. The number of fused-ring (bicyclic) bond motifs is 1. The monoisotopic (exact) mass is 160 g/mol. The Morgan fingerprint density at radius 3 is 2.50 bits per heavy atom. The van der Waals surface area contributed by atoms with Gasteiger partial charge in [0.15, 0.2) is 0 Å². The SMILES string of the molecule is CC1C(=O)C(=O)c2ccccc21. The molecule has 1 unspecified atom stereocenters. The van der Waals surface area contributed by atoms with E-state index in [1.165, 1.54) is 0 Å². The molecule has 1 aliphatic carbocycles. The minimum Gasteiger partial charge on any atom is -0.290 e. The maximum atomic E-state index is 11.3. The molecule has 0 radical (unpaired) electrons. The van der Waals surface area contributed by atoms with Gasteiger partial charge in [-0.2, -0.15) is 0 Å². The summed E-state index contributed by atoms with van der Waals surface area (Å²) in [7, 11) is 0. The van der Waals surface area contributed by atoms with Crippen LogP contribution >= 0.6 is 0 Å². The van der Waals surface area contributed by atoms with Gasteiger partial charge in [-0.1, -0.05) is 31.2 Å². The smallest absolute Gasteiger partial charge is 0.229 e. The average molecular weight is 160 g/mol. The molecule has 60 valence electrons. The van der Waals surface area contributed by atoms with Crippen molar-refractivity contribution in [2.75, 3.05) is 0 Å². The molecule has 2 rings (SSSR count). The van der Waals surface area contributed by atoms with Crippen molar-refractivity contribution in [3.63, 3.8) is 0 Å². The summed E-state index contributed by atoms with van der Waals surface area (Å²) in [5.74, 6) is -0.858. The van der Waals surface area contributed by atoms with Gasteiger partial charge in [-0.15, -0.1) is 0 Å². The minimum atomic E-state index is -0.335. The fourth-order valence-electron chi connectivity index (χ4n) is 1.55. The van der Waals surface area contributed by atoms with Crippen LogP contribution in [0, 0.1) is 0 Å². The lowest BCUT2D eigenvalue weighted by Gasteiger charge is -1.98. The summed E-state index contributed by atoms with van der Waals surface area (Å²) < 4.78 is 0. The Morgan fingerprint density at radius 1 is 1.17 bits per heavy atom. The zero-order valence-electron chi connectivity index (χ0n) is 6.70. The summed E-state index contributed by atoms with van der Waals surface area (Å²) in [5, 5.41) is 0. The molecule has 0 aliphatic heterocycles. The van der Waals surface area contributed by atoms with Crippen LogP contribution in [0.2, 0.25) is 0 Å². The lowest BCUT2D eigenvalue weighted by molar-refractivity contribution is -0.115. The normalized spacial score (nSPS) is 21.2. The third-order valence-corrected chi connectivity index (χ3v) is 2.29. The summed E-state index contributed by atoms with van der Waals surface area (Å²) in [4.78, 5) is 22.5. The van der Waals surface area contributed by atoms with Gasteiger partial charge in [0.05, 0.1) is 0 Å². The molecule has 0 heterocycles. The van der Waals surface area contributed by atoms with Crippen molar-refractivity contribution < 1.29 is 9.59 Å². The zero-order chi connectivity index (χ0) is 8.72. The van der Waals surface area contributed by atoms with Gasteiger partial charge >= 0.3 is 0 Å². The Labute approximate surface area is 70.2 Å². The van der Waals surface area contributed by atoms with E-state index in [-0.39, 0.29) is 17.5 Å². The standard InChI is InChI=1S/C10H8O2/c1-6-7-4-2-3-5-8(7)10(12)9(6)11/h2-6H,1H3. The summed E-state index contributed by atoms with van der Waals surface area (Å²) in [6.45, 7) is 1.77. The van der Waals surface area contributed by atoms with Gasteiger partial charge in [0.1, 0.15) is 0 Å². The van der Waals surface area contributed by atoms with E-state index in [4.69, 9.17) is 0 Å². The molecular weight excluding hydrogens is 152 g/mol. The van der Waals surface area contributed by atoms with Crippen molar-refractivity contribution in [3.05, 3.63) is 35.4 Å². The Kier molecular flexibility index (Phi) is 1.37. The predicted molar refractivity (Wildman–Crippen MR) is 44.2 cm³/mol. The van der Waals surface area contributed by atoms with Crippen LogP contribution < -0.4 is 0 Å². The van der Waals surface area contributed by atoms with Gasteiger partial charge in [0, 0.05) is 11.5 Å². The summed E-state index contributed by atoms with van der Waals surface area (Å²) in [6, 6.07) is 7.17. The van der Waals surface area contributed by atoms with Crippen LogP contribution in [0.3, 0.4) is 0 Å². The van der Waals surface area contributed by atoms with E-state index in [1.807, 2.05) is 12.1 Å². The Balaban J connectivity index is 2.67. The molecule has 0 bridgehead atoms. The fraction of sp³-hybridized carbons (Fsp3) is 0.200. The number of hydrogen-bond acceptors (Lipinski definition) is 2. The summed E-state index contributed by atoms with van der Waals surface area (Å²) in [6.07, 6.45) is 0. The van der Waals surface area contributed by atoms with E-state index >= 15 is 0 Å². The number of ketones is 2. The number of hydrogen-bond donors (Lipinski definition) is 0. The first-order valence-electron chi connectivity index (χ1n) is 3.89. The highest BCUT2D eigenvalue weighted by Gasteiger charge is 2.34. The van der Waals surface area contributed by atoms with Crippen molar-refractivity contribution in [1.29, 1.82) is 0 Å². The third-order valence-electron chi connectivity index (χ3n) is 2.29. The van der Waals surface area contributed by atoms with Gasteiger partial charge in [0.25, 0.3) is 0 Å². The lowest BCUT2D eigenvalue weighted by atomic mass is 10.0. The Hall–Kier alpha value is -1.44. The summed E-state index contributed by atoms with van der Waals surface area (Å²) >= 11 is 0. The number of rotatable bonds is 0. The molecule has 0 saturated carbocycles. The molecule has 0 fully saturated rings. The fourth-order valence-corrected chi connectivity index (χ4v) is 1.55. The van der Waals surface area contributed by atoms with Crippen LogP contribution in [-0.4, -0.2) is 11.6 Å². The van der Waals surface area contributed by atoms with Gasteiger partial charge in [-0.05, 0) is 5.56 Å². The van der Waals surface area contributed by atoms with Gasteiger partial charge < -0.3 is 0 Å². The second-order valence-electron chi connectivity index (χ2n) is 3.00. The molecule has 2 nitrogen and oxygen atoms in total. The largest absolute Gasteiger partial charge is 0.290 e. The van der Waals surface area contributed by atoms with Crippen LogP contribution in [0.25, 0.3) is 0 Å². The highest BCUT2D eigenvalue weighted by Crippen LogP contribution is 2.29. The molecule has 0 N–H and O–H groups in total. The highest BCUT2D eigenvalue weighted by molar-refractivity contribution is 6.48. The first-order valence-corrected chi connectivity index (χ1v) is 3.89. The maximum Gasteiger partial charge on any atom is 0.229 e.